The number of nitrogens with zero attached hydrogens (tertiary/aromatic N) is 1. The van der Waals surface area contributed by atoms with Crippen LogP contribution >= 0.6 is 0 Å². The zero-order chi connectivity index (χ0) is 15.2. The topological polar surface area (TPSA) is 83.6 Å². The molecule has 1 heterocycles. The Kier molecular flexibility index (Phi) is 6.45. The highest BCUT2D eigenvalue weighted by atomic mass is 32.2. The Labute approximate surface area is 120 Å². The van der Waals surface area contributed by atoms with Gasteiger partial charge in [0.2, 0.25) is 11.8 Å². The van der Waals surface area contributed by atoms with Crippen molar-refractivity contribution in [2.45, 2.75) is 45.6 Å². The summed E-state index contributed by atoms with van der Waals surface area (Å²) in [4.78, 5) is 25.4. The molecule has 0 radical (unpaired) electrons. The van der Waals surface area contributed by atoms with Crippen molar-refractivity contribution in [3.8, 4) is 0 Å². The third kappa shape index (κ3) is 5.48. The summed E-state index contributed by atoms with van der Waals surface area (Å²) in [6.07, 6.45) is 1.95. The van der Waals surface area contributed by atoms with Crippen LogP contribution in [0, 0.1) is 0 Å². The van der Waals surface area contributed by atoms with E-state index in [9.17, 15) is 18.0 Å². The number of nitrogens with one attached hydrogen (secondary N) is 1. The fourth-order valence-electron chi connectivity index (χ4n) is 2.34. The smallest absolute Gasteiger partial charge is 0.232 e. The van der Waals surface area contributed by atoms with Gasteiger partial charge in [0.25, 0.3) is 0 Å². The fourth-order valence-corrected chi connectivity index (χ4v) is 4.01. The number of carbonyl (C=O) groups is 2. The highest BCUT2D eigenvalue weighted by Gasteiger charge is 2.29. The van der Waals surface area contributed by atoms with Gasteiger partial charge in [-0.2, -0.15) is 0 Å². The lowest BCUT2D eigenvalue weighted by Gasteiger charge is -2.21. The van der Waals surface area contributed by atoms with Crippen molar-refractivity contribution >= 4 is 21.7 Å². The Morgan fingerprint density at radius 3 is 2.25 bits per heavy atom. The van der Waals surface area contributed by atoms with E-state index in [1.807, 2.05) is 13.8 Å². The highest BCUT2D eigenvalue weighted by Crippen LogP contribution is 2.11. The molecule has 1 N–H and O–H groups in total. The van der Waals surface area contributed by atoms with E-state index in [-0.39, 0.29) is 35.8 Å². The van der Waals surface area contributed by atoms with Crippen LogP contribution in [0.1, 0.15) is 39.5 Å². The van der Waals surface area contributed by atoms with Crippen molar-refractivity contribution < 1.29 is 18.0 Å². The third-order valence-corrected chi connectivity index (χ3v) is 5.02. The molecule has 0 aliphatic carbocycles. The van der Waals surface area contributed by atoms with Crippen molar-refractivity contribution in [1.29, 1.82) is 0 Å². The first kappa shape index (κ1) is 16.9. The van der Waals surface area contributed by atoms with E-state index in [4.69, 9.17) is 0 Å². The Balaban J connectivity index is 2.43. The van der Waals surface area contributed by atoms with E-state index in [0.29, 0.717) is 19.5 Å². The van der Waals surface area contributed by atoms with Gasteiger partial charge >= 0.3 is 0 Å². The van der Waals surface area contributed by atoms with Crippen molar-refractivity contribution in [2.24, 2.45) is 0 Å². The van der Waals surface area contributed by atoms with Gasteiger partial charge in [0.15, 0.2) is 9.84 Å². The summed E-state index contributed by atoms with van der Waals surface area (Å²) in [6.45, 7) is 5.27. The maximum absolute atomic E-state index is 12.0. The molecule has 1 aliphatic heterocycles. The first-order valence-electron chi connectivity index (χ1n) is 7.15. The van der Waals surface area contributed by atoms with Crippen LogP contribution in [0.15, 0.2) is 0 Å². The minimum atomic E-state index is -3.01. The quantitative estimate of drug-likeness (QED) is 0.687. The molecule has 1 atom stereocenters. The number of hydrogen-bond acceptors (Lipinski definition) is 4. The SMILES string of the molecule is CCCN(CCC)C(=O)CC(=O)NC1CCS(=O)(=O)C1. The second-order valence-corrected chi connectivity index (χ2v) is 7.45. The van der Waals surface area contributed by atoms with Gasteiger partial charge in [0.05, 0.1) is 11.5 Å². The fraction of sp³-hybridized carbons (Fsp3) is 0.846. The zero-order valence-corrected chi connectivity index (χ0v) is 13.0. The minimum absolute atomic E-state index is 0.0133. The van der Waals surface area contributed by atoms with E-state index in [1.54, 1.807) is 4.90 Å². The van der Waals surface area contributed by atoms with Crippen molar-refractivity contribution in [3.63, 3.8) is 0 Å². The third-order valence-electron chi connectivity index (χ3n) is 3.25. The minimum Gasteiger partial charge on any atom is -0.352 e. The van der Waals surface area contributed by atoms with Gasteiger partial charge in [-0.15, -0.1) is 0 Å². The lowest BCUT2D eigenvalue weighted by molar-refractivity contribution is -0.136. The lowest BCUT2D eigenvalue weighted by Crippen LogP contribution is -2.40. The van der Waals surface area contributed by atoms with Crippen LogP contribution in [0.2, 0.25) is 0 Å². The standard InChI is InChI=1S/C13H24N2O4S/c1-3-6-15(7-4-2)13(17)9-12(16)14-11-5-8-20(18,19)10-11/h11H,3-10H2,1-2H3,(H,14,16). The van der Waals surface area contributed by atoms with Gasteiger partial charge in [0.1, 0.15) is 6.42 Å². The molecule has 2 amide bonds. The normalized spacial score (nSPS) is 20.6. The molecular weight excluding hydrogens is 280 g/mol. The van der Waals surface area contributed by atoms with Crippen LogP contribution in [-0.2, 0) is 19.4 Å². The Morgan fingerprint density at radius 2 is 1.80 bits per heavy atom. The molecule has 0 spiro atoms. The largest absolute Gasteiger partial charge is 0.352 e. The number of rotatable bonds is 7. The van der Waals surface area contributed by atoms with Crippen molar-refractivity contribution in [1.82, 2.24) is 10.2 Å². The first-order valence-corrected chi connectivity index (χ1v) is 8.97. The molecule has 0 saturated carbocycles. The summed E-state index contributed by atoms with van der Waals surface area (Å²) >= 11 is 0. The lowest BCUT2D eigenvalue weighted by atomic mass is 10.2. The second kappa shape index (κ2) is 7.61. The van der Waals surface area contributed by atoms with E-state index in [0.717, 1.165) is 12.8 Å². The summed E-state index contributed by atoms with van der Waals surface area (Å²) < 4.78 is 22.6. The summed E-state index contributed by atoms with van der Waals surface area (Å²) in [6, 6.07) is -0.342. The molecule has 20 heavy (non-hydrogen) atoms. The molecule has 116 valence electrons. The molecule has 1 unspecified atom stereocenters. The van der Waals surface area contributed by atoms with Gasteiger partial charge in [-0.25, -0.2) is 8.42 Å². The predicted octanol–water partition coefficient (Wildman–Crippen LogP) is 0.328. The zero-order valence-electron chi connectivity index (χ0n) is 12.2. The van der Waals surface area contributed by atoms with Gasteiger partial charge in [-0.05, 0) is 19.3 Å². The number of hydrogen-bond donors (Lipinski definition) is 1. The Morgan fingerprint density at radius 1 is 1.20 bits per heavy atom. The van der Waals surface area contributed by atoms with Crippen molar-refractivity contribution in [2.75, 3.05) is 24.6 Å². The number of sulfone groups is 1. The summed E-state index contributed by atoms with van der Waals surface area (Å²) in [7, 11) is -3.01. The van der Waals surface area contributed by atoms with E-state index < -0.39 is 9.84 Å². The van der Waals surface area contributed by atoms with E-state index in [2.05, 4.69) is 5.32 Å². The van der Waals surface area contributed by atoms with Crippen LogP contribution in [0.4, 0.5) is 0 Å². The molecule has 0 aromatic rings. The highest BCUT2D eigenvalue weighted by molar-refractivity contribution is 7.91. The molecule has 0 aromatic heterocycles. The summed E-state index contributed by atoms with van der Waals surface area (Å²) in [5.74, 6) is -0.467. The maximum atomic E-state index is 12.0. The van der Waals surface area contributed by atoms with Gasteiger partial charge in [-0.1, -0.05) is 13.8 Å². The van der Waals surface area contributed by atoms with Crippen LogP contribution in [-0.4, -0.2) is 55.8 Å². The van der Waals surface area contributed by atoms with Crippen LogP contribution in [0.5, 0.6) is 0 Å². The Bertz CT molecular complexity index is 441. The molecule has 1 fully saturated rings. The monoisotopic (exact) mass is 304 g/mol. The van der Waals surface area contributed by atoms with Gasteiger partial charge in [0, 0.05) is 19.1 Å². The molecular formula is C13H24N2O4S. The van der Waals surface area contributed by atoms with Crippen LogP contribution in [0.25, 0.3) is 0 Å². The molecule has 1 rings (SSSR count). The average molecular weight is 304 g/mol. The second-order valence-electron chi connectivity index (χ2n) is 5.23. The molecule has 0 bridgehead atoms. The summed E-state index contributed by atoms with van der Waals surface area (Å²) in [5, 5.41) is 2.64. The molecule has 6 nitrogen and oxygen atoms in total. The first-order chi connectivity index (χ1) is 9.38. The number of carbonyl (C=O) groups excluding carboxylic acids is 2. The Hall–Kier alpha value is -1.11. The molecule has 0 aromatic carbocycles. The molecule has 1 saturated heterocycles. The van der Waals surface area contributed by atoms with E-state index >= 15 is 0 Å². The summed E-state index contributed by atoms with van der Waals surface area (Å²) in [5.41, 5.74) is 0. The van der Waals surface area contributed by atoms with Crippen LogP contribution < -0.4 is 5.32 Å². The van der Waals surface area contributed by atoms with Crippen LogP contribution in [0.3, 0.4) is 0 Å². The van der Waals surface area contributed by atoms with Crippen molar-refractivity contribution in [3.05, 3.63) is 0 Å². The average Bonchev–Trinajstić information content (AvgIpc) is 2.68. The predicted molar refractivity (Wildman–Crippen MR) is 77.0 cm³/mol. The van der Waals surface area contributed by atoms with Gasteiger partial charge < -0.3 is 10.2 Å². The molecule has 1 aliphatic rings. The van der Waals surface area contributed by atoms with E-state index in [1.165, 1.54) is 0 Å². The van der Waals surface area contributed by atoms with Gasteiger partial charge in [-0.3, -0.25) is 9.59 Å². The molecule has 7 heteroatoms. The maximum Gasteiger partial charge on any atom is 0.232 e. The number of amides is 2.